The third-order valence-corrected chi connectivity index (χ3v) is 4.64. The van der Waals surface area contributed by atoms with Gasteiger partial charge in [0.1, 0.15) is 5.76 Å². The minimum atomic E-state index is -0.613. The number of carbonyl (C=O) groups excluding carboxylic acids is 2. The van der Waals surface area contributed by atoms with Crippen LogP contribution in [0.1, 0.15) is 12.7 Å². The highest BCUT2D eigenvalue weighted by Gasteiger charge is 2.11. The van der Waals surface area contributed by atoms with Crippen molar-refractivity contribution in [2.45, 2.75) is 13.5 Å². The lowest BCUT2D eigenvalue weighted by Crippen LogP contribution is -2.20. The summed E-state index contributed by atoms with van der Waals surface area (Å²) in [5.74, 6) is -0.479. The number of nitrogens with one attached hydrogen (secondary N) is 1. The van der Waals surface area contributed by atoms with Gasteiger partial charge >= 0.3 is 5.97 Å². The standard InChI is InChI=1S/C23H20N2O4/c1-2-25-20-8-4-3-7-18(20)19-14-16(9-11-21(19)25)24-22(26)15-29-23(27)12-10-17-6-5-13-28-17/h3-14H,2,15H2,1H3,(H,24,26)/b12-10+. The van der Waals surface area contributed by atoms with Crippen molar-refractivity contribution < 1.29 is 18.7 Å². The van der Waals surface area contributed by atoms with Crippen LogP contribution in [0.15, 0.2) is 71.4 Å². The van der Waals surface area contributed by atoms with Gasteiger partial charge in [-0.15, -0.1) is 0 Å². The lowest BCUT2D eigenvalue weighted by Gasteiger charge is -2.07. The van der Waals surface area contributed by atoms with Gasteiger partial charge in [-0.25, -0.2) is 4.79 Å². The van der Waals surface area contributed by atoms with Gasteiger partial charge in [0, 0.05) is 40.1 Å². The fraction of sp³-hybridized carbons (Fsp3) is 0.130. The van der Waals surface area contributed by atoms with Gasteiger partial charge < -0.3 is 19.0 Å². The monoisotopic (exact) mass is 388 g/mol. The first-order chi connectivity index (χ1) is 14.2. The molecule has 0 aliphatic heterocycles. The minimum absolute atomic E-state index is 0.365. The van der Waals surface area contributed by atoms with Crippen molar-refractivity contribution in [3.8, 4) is 0 Å². The van der Waals surface area contributed by atoms with Gasteiger partial charge in [-0.05, 0) is 49.4 Å². The Morgan fingerprint density at radius 1 is 1.07 bits per heavy atom. The number of ether oxygens (including phenoxy) is 1. The number of para-hydroxylation sites is 1. The van der Waals surface area contributed by atoms with Crippen LogP contribution in [0, 0.1) is 0 Å². The molecule has 0 aliphatic rings. The molecule has 0 spiro atoms. The number of nitrogens with zero attached hydrogens (tertiary/aromatic N) is 1. The largest absolute Gasteiger partial charge is 0.465 e. The van der Waals surface area contributed by atoms with Crippen molar-refractivity contribution in [1.82, 2.24) is 4.57 Å². The van der Waals surface area contributed by atoms with Crippen LogP contribution in [-0.2, 0) is 20.9 Å². The second-order valence-corrected chi connectivity index (χ2v) is 6.50. The van der Waals surface area contributed by atoms with Crippen LogP contribution in [0.3, 0.4) is 0 Å². The summed E-state index contributed by atoms with van der Waals surface area (Å²) < 4.78 is 12.3. The summed E-state index contributed by atoms with van der Waals surface area (Å²) in [6, 6.07) is 17.4. The molecule has 0 atom stereocenters. The minimum Gasteiger partial charge on any atom is -0.465 e. The Kier molecular flexibility index (Phi) is 5.16. The zero-order valence-electron chi connectivity index (χ0n) is 15.9. The fourth-order valence-electron chi connectivity index (χ4n) is 3.39. The zero-order valence-corrected chi connectivity index (χ0v) is 15.9. The molecular formula is C23H20N2O4. The summed E-state index contributed by atoms with van der Waals surface area (Å²) in [4.78, 5) is 23.9. The van der Waals surface area contributed by atoms with Crippen LogP contribution in [0.25, 0.3) is 27.9 Å². The Morgan fingerprint density at radius 3 is 2.69 bits per heavy atom. The van der Waals surface area contributed by atoms with Gasteiger partial charge in [-0.2, -0.15) is 0 Å². The number of carbonyl (C=O) groups is 2. The average molecular weight is 388 g/mol. The smallest absolute Gasteiger partial charge is 0.331 e. The molecule has 2 aromatic carbocycles. The van der Waals surface area contributed by atoms with Gasteiger partial charge in [-0.3, -0.25) is 4.79 Å². The van der Waals surface area contributed by atoms with Gasteiger partial charge in [0.15, 0.2) is 6.61 Å². The van der Waals surface area contributed by atoms with E-state index >= 15 is 0 Å². The van der Waals surface area contributed by atoms with E-state index in [0.717, 1.165) is 28.4 Å². The molecule has 0 unspecified atom stereocenters. The number of aryl methyl sites for hydroxylation is 1. The lowest BCUT2D eigenvalue weighted by atomic mass is 10.1. The molecule has 0 fully saturated rings. The maximum absolute atomic E-state index is 12.2. The predicted molar refractivity (Wildman–Crippen MR) is 112 cm³/mol. The van der Waals surface area contributed by atoms with Crippen LogP contribution < -0.4 is 5.32 Å². The van der Waals surface area contributed by atoms with Crippen LogP contribution in [0.4, 0.5) is 5.69 Å². The molecule has 1 N–H and O–H groups in total. The first kappa shape index (κ1) is 18.6. The number of hydrogen-bond acceptors (Lipinski definition) is 4. The fourth-order valence-corrected chi connectivity index (χ4v) is 3.39. The van der Waals surface area contributed by atoms with E-state index in [4.69, 9.17) is 9.15 Å². The van der Waals surface area contributed by atoms with Gasteiger partial charge in [0.2, 0.25) is 0 Å². The third kappa shape index (κ3) is 3.91. The summed E-state index contributed by atoms with van der Waals surface area (Å²) >= 11 is 0. The number of rotatable bonds is 6. The summed E-state index contributed by atoms with van der Waals surface area (Å²) in [6.45, 7) is 2.60. The Labute approximate surface area is 167 Å². The molecule has 2 heterocycles. The highest BCUT2D eigenvalue weighted by Crippen LogP contribution is 2.30. The second kappa shape index (κ2) is 8.06. The van der Waals surface area contributed by atoms with E-state index in [1.807, 2.05) is 30.3 Å². The molecule has 0 saturated heterocycles. The molecule has 146 valence electrons. The SMILES string of the molecule is CCn1c2ccccc2c2cc(NC(=O)COC(=O)/C=C/c3ccco3)ccc21. The van der Waals surface area contributed by atoms with Crippen molar-refractivity contribution in [2.75, 3.05) is 11.9 Å². The molecule has 1 amide bonds. The van der Waals surface area contributed by atoms with E-state index in [0.29, 0.717) is 11.4 Å². The highest BCUT2D eigenvalue weighted by atomic mass is 16.5. The Bertz CT molecular complexity index is 1200. The Hall–Kier alpha value is -3.80. The van der Waals surface area contributed by atoms with E-state index < -0.39 is 11.9 Å². The molecule has 6 heteroatoms. The number of benzene rings is 2. The summed E-state index contributed by atoms with van der Waals surface area (Å²) in [5.41, 5.74) is 2.93. The van der Waals surface area contributed by atoms with Crippen molar-refractivity contribution >= 4 is 45.4 Å². The molecule has 0 aliphatic carbocycles. The maximum Gasteiger partial charge on any atom is 0.331 e. The normalized spacial score (nSPS) is 11.3. The van der Waals surface area contributed by atoms with E-state index in [9.17, 15) is 9.59 Å². The van der Waals surface area contributed by atoms with Crippen LogP contribution in [-0.4, -0.2) is 23.1 Å². The molecule has 4 aromatic rings. The lowest BCUT2D eigenvalue weighted by molar-refractivity contribution is -0.142. The van der Waals surface area contributed by atoms with Crippen molar-refractivity contribution in [3.63, 3.8) is 0 Å². The molecule has 0 saturated carbocycles. The summed E-state index contributed by atoms with van der Waals surface area (Å²) in [6.07, 6.45) is 4.21. The predicted octanol–water partition coefficient (Wildman–Crippen LogP) is 4.60. The first-order valence-electron chi connectivity index (χ1n) is 9.35. The third-order valence-electron chi connectivity index (χ3n) is 4.64. The molecule has 4 rings (SSSR count). The summed E-state index contributed by atoms with van der Waals surface area (Å²) in [5, 5.41) is 4.99. The molecule has 29 heavy (non-hydrogen) atoms. The van der Waals surface area contributed by atoms with Crippen molar-refractivity contribution in [3.05, 3.63) is 72.7 Å². The summed E-state index contributed by atoms with van der Waals surface area (Å²) in [7, 11) is 0. The number of furan rings is 1. The number of aromatic nitrogens is 1. The molecular weight excluding hydrogens is 368 g/mol. The Morgan fingerprint density at radius 2 is 1.90 bits per heavy atom. The highest BCUT2D eigenvalue weighted by molar-refractivity contribution is 6.09. The van der Waals surface area contributed by atoms with E-state index in [2.05, 4.69) is 28.9 Å². The Balaban J connectivity index is 1.44. The molecule has 0 radical (unpaired) electrons. The molecule has 2 aromatic heterocycles. The maximum atomic E-state index is 12.2. The number of fused-ring (bicyclic) bond motifs is 3. The van der Waals surface area contributed by atoms with E-state index in [1.165, 1.54) is 18.4 Å². The second-order valence-electron chi connectivity index (χ2n) is 6.50. The van der Waals surface area contributed by atoms with E-state index in [1.54, 1.807) is 12.1 Å². The number of hydrogen-bond donors (Lipinski definition) is 1. The van der Waals surface area contributed by atoms with E-state index in [-0.39, 0.29) is 6.61 Å². The number of anilines is 1. The quantitative estimate of drug-likeness (QED) is 0.387. The van der Waals surface area contributed by atoms with Gasteiger partial charge in [0.05, 0.1) is 6.26 Å². The van der Waals surface area contributed by atoms with Crippen molar-refractivity contribution in [1.29, 1.82) is 0 Å². The topological polar surface area (TPSA) is 73.5 Å². The van der Waals surface area contributed by atoms with Crippen LogP contribution in [0.5, 0.6) is 0 Å². The molecule has 0 bridgehead atoms. The average Bonchev–Trinajstić information content (AvgIpc) is 3.36. The van der Waals surface area contributed by atoms with Gasteiger partial charge in [-0.1, -0.05) is 18.2 Å². The first-order valence-corrected chi connectivity index (χ1v) is 9.35. The van der Waals surface area contributed by atoms with Crippen LogP contribution in [0.2, 0.25) is 0 Å². The van der Waals surface area contributed by atoms with Gasteiger partial charge in [0.25, 0.3) is 5.91 Å². The van der Waals surface area contributed by atoms with Crippen LogP contribution >= 0.6 is 0 Å². The number of esters is 1. The number of amides is 1. The van der Waals surface area contributed by atoms with Crippen molar-refractivity contribution in [2.24, 2.45) is 0 Å². The molecule has 6 nitrogen and oxygen atoms in total. The zero-order chi connectivity index (χ0) is 20.2.